The van der Waals surface area contributed by atoms with Crippen molar-refractivity contribution in [1.82, 2.24) is 0 Å². The number of hydrogen-bond acceptors (Lipinski definition) is 12. The Morgan fingerprint density at radius 2 is 1.21 bits per heavy atom. The number of nitro benzene ring substituents is 2. The number of hydrogen-bond donors (Lipinski definition) is 0. The molecule has 0 saturated heterocycles. The number of esters is 1. The molecule has 0 saturated carbocycles. The molecule has 0 heterocycles. The fraction of sp³-hybridized carbons (Fsp3) is 0.136. The van der Waals surface area contributed by atoms with E-state index >= 15 is 0 Å². The van der Waals surface area contributed by atoms with Crippen molar-refractivity contribution < 1.29 is 44.6 Å². The van der Waals surface area contributed by atoms with Gasteiger partial charge in [0, 0.05) is 18.6 Å². The number of para-hydroxylation sites is 3. The second-order valence-electron chi connectivity index (χ2n) is 7.29. The van der Waals surface area contributed by atoms with Gasteiger partial charge in [-0.25, -0.2) is 4.79 Å². The molecular weight excluding hydrogens is 548 g/mol. The van der Waals surface area contributed by atoms with E-state index in [1.54, 1.807) is 6.07 Å². The van der Waals surface area contributed by atoms with Crippen LogP contribution in [0.5, 0.6) is 5.75 Å². The predicted octanol–water partition coefficient (Wildman–Crippen LogP) is 2.98. The highest BCUT2D eigenvalue weighted by Gasteiger charge is 2.34. The summed E-state index contributed by atoms with van der Waals surface area (Å²) < 4.78 is 65.6. The molecule has 1 unspecified atom stereocenters. The molecule has 3 rings (SSSR count). The van der Waals surface area contributed by atoms with Crippen molar-refractivity contribution >= 4 is 37.6 Å². The zero-order valence-corrected chi connectivity index (χ0v) is 20.7. The monoisotopic (exact) mass is 566 g/mol. The third-order valence-electron chi connectivity index (χ3n) is 4.75. The van der Waals surface area contributed by atoms with Gasteiger partial charge in [0.1, 0.15) is 5.75 Å². The lowest BCUT2D eigenvalue weighted by atomic mass is 10.2. The summed E-state index contributed by atoms with van der Waals surface area (Å²) in [5.74, 6) is -1.27. The van der Waals surface area contributed by atoms with E-state index in [2.05, 4.69) is 0 Å². The largest absolute Gasteiger partial charge is 0.425 e. The van der Waals surface area contributed by atoms with Crippen LogP contribution >= 0.6 is 0 Å². The average Bonchev–Trinajstić information content (AvgIpc) is 2.88. The van der Waals surface area contributed by atoms with Crippen molar-refractivity contribution in [1.29, 1.82) is 0 Å². The molecule has 0 aliphatic heterocycles. The number of benzene rings is 3. The normalized spacial score (nSPS) is 12.4. The molecule has 0 bridgehead atoms. The molecule has 0 amide bonds. The molecule has 0 aliphatic rings. The Hall–Kier alpha value is -4.25. The molecule has 1 atom stereocenters. The lowest BCUT2D eigenvalue weighted by Gasteiger charge is -2.16. The highest BCUT2D eigenvalue weighted by Crippen LogP contribution is 2.28. The minimum Gasteiger partial charge on any atom is -0.425 e. The van der Waals surface area contributed by atoms with Gasteiger partial charge >= 0.3 is 26.2 Å². The van der Waals surface area contributed by atoms with E-state index in [-0.39, 0.29) is 5.75 Å². The van der Waals surface area contributed by atoms with Gasteiger partial charge in [-0.3, -0.25) is 28.6 Å². The van der Waals surface area contributed by atoms with Gasteiger partial charge in [-0.1, -0.05) is 42.5 Å². The van der Waals surface area contributed by atoms with Crippen molar-refractivity contribution in [2.75, 3.05) is 6.61 Å². The fourth-order valence-electron chi connectivity index (χ4n) is 3.05. The quantitative estimate of drug-likeness (QED) is 0.102. The molecule has 3 aromatic carbocycles. The standard InChI is InChI=1S/C22H18N2O12S2/c25-22(35-16-8-2-1-3-9-16)19(36-38(32,33)21-13-7-5-11-18(21)24(28)29)14-15-34-37(30,31)20-12-6-4-10-17(20)23(26)27/h1-13,19H,14-15H2. The van der Waals surface area contributed by atoms with Gasteiger partial charge in [-0.2, -0.15) is 16.8 Å². The summed E-state index contributed by atoms with van der Waals surface area (Å²) in [7, 11) is -9.66. The third kappa shape index (κ3) is 6.94. The minimum atomic E-state index is -4.95. The Morgan fingerprint density at radius 3 is 1.74 bits per heavy atom. The number of carbonyl (C=O) groups excluding carboxylic acids is 1. The van der Waals surface area contributed by atoms with Crippen LogP contribution in [0.25, 0.3) is 0 Å². The van der Waals surface area contributed by atoms with Crippen molar-refractivity contribution in [2.24, 2.45) is 0 Å². The van der Waals surface area contributed by atoms with E-state index in [0.717, 1.165) is 24.3 Å². The summed E-state index contributed by atoms with van der Waals surface area (Å²) in [6.45, 7) is -0.866. The second-order valence-corrected chi connectivity index (χ2v) is 10.4. The van der Waals surface area contributed by atoms with Crippen LogP contribution < -0.4 is 4.74 Å². The van der Waals surface area contributed by atoms with Gasteiger partial charge in [0.25, 0.3) is 11.4 Å². The maximum atomic E-state index is 12.9. The molecule has 200 valence electrons. The highest BCUT2D eigenvalue weighted by atomic mass is 32.2. The summed E-state index contributed by atoms with van der Waals surface area (Å²) in [5.41, 5.74) is -1.58. The van der Waals surface area contributed by atoms with Crippen LogP contribution in [0.3, 0.4) is 0 Å². The van der Waals surface area contributed by atoms with E-state index in [0.29, 0.717) is 0 Å². The topological polar surface area (TPSA) is 199 Å². The Morgan fingerprint density at radius 1 is 0.737 bits per heavy atom. The zero-order chi connectivity index (χ0) is 27.9. The van der Waals surface area contributed by atoms with Crippen LogP contribution in [-0.4, -0.2) is 45.4 Å². The molecule has 3 aromatic rings. The van der Waals surface area contributed by atoms with Gasteiger partial charge in [0.15, 0.2) is 15.9 Å². The molecule has 0 N–H and O–H groups in total. The molecule has 38 heavy (non-hydrogen) atoms. The van der Waals surface area contributed by atoms with Crippen molar-refractivity contribution in [2.45, 2.75) is 22.3 Å². The van der Waals surface area contributed by atoms with Gasteiger partial charge in [0.05, 0.1) is 16.5 Å². The maximum absolute atomic E-state index is 12.9. The Kier molecular flexibility index (Phi) is 8.84. The van der Waals surface area contributed by atoms with E-state index in [1.165, 1.54) is 48.5 Å². The van der Waals surface area contributed by atoms with Crippen molar-refractivity contribution in [3.8, 4) is 5.75 Å². The molecule has 16 heteroatoms. The first-order valence-electron chi connectivity index (χ1n) is 10.5. The fourth-order valence-corrected chi connectivity index (χ4v) is 5.36. The summed E-state index contributed by atoms with van der Waals surface area (Å²) in [5, 5.41) is 22.5. The van der Waals surface area contributed by atoms with Gasteiger partial charge < -0.3 is 4.74 Å². The number of nitrogens with zero attached hydrogens (tertiary/aromatic N) is 2. The first-order chi connectivity index (χ1) is 17.9. The van der Waals surface area contributed by atoms with Crippen LogP contribution in [0.1, 0.15) is 6.42 Å². The maximum Gasteiger partial charge on any atom is 0.342 e. The van der Waals surface area contributed by atoms with Gasteiger partial charge in [-0.15, -0.1) is 0 Å². The lowest BCUT2D eigenvalue weighted by Crippen LogP contribution is -2.33. The minimum absolute atomic E-state index is 0.00244. The molecule has 14 nitrogen and oxygen atoms in total. The van der Waals surface area contributed by atoms with Crippen molar-refractivity contribution in [3.63, 3.8) is 0 Å². The summed E-state index contributed by atoms with van der Waals surface area (Å²) >= 11 is 0. The van der Waals surface area contributed by atoms with Crippen LogP contribution in [-0.2, 0) is 33.4 Å². The van der Waals surface area contributed by atoms with Crippen LogP contribution in [0, 0.1) is 20.2 Å². The highest BCUT2D eigenvalue weighted by molar-refractivity contribution is 7.87. The number of ether oxygens (including phenoxy) is 1. The predicted molar refractivity (Wildman–Crippen MR) is 128 cm³/mol. The molecule has 0 aliphatic carbocycles. The van der Waals surface area contributed by atoms with Crippen LogP contribution in [0.2, 0.25) is 0 Å². The molecule has 0 fully saturated rings. The Bertz CT molecular complexity index is 1560. The summed E-state index contributed by atoms with van der Waals surface area (Å²) in [6.07, 6.45) is -2.74. The number of carbonyl (C=O) groups is 1. The zero-order valence-electron chi connectivity index (χ0n) is 19.1. The molecular formula is C22H18N2O12S2. The van der Waals surface area contributed by atoms with Gasteiger partial charge in [0.2, 0.25) is 0 Å². The second kappa shape index (κ2) is 11.9. The smallest absolute Gasteiger partial charge is 0.342 e. The first-order valence-corrected chi connectivity index (χ1v) is 13.3. The van der Waals surface area contributed by atoms with Gasteiger partial charge in [-0.05, 0) is 24.3 Å². The molecule has 0 spiro atoms. The Balaban J connectivity index is 1.86. The number of rotatable bonds is 12. The Labute approximate surface area is 215 Å². The third-order valence-corrected chi connectivity index (χ3v) is 7.48. The first kappa shape index (κ1) is 28.3. The summed E-state index contributed by atoms with van der Waals surface area (Å²) in [4.78, 5) is 31.7. The van der Waals surface area contributed by atoms with E-state index in [1.807, 2.05) is 0 Å². The van der Waals surface area contributed by atoms with Crippen molar-refractivity contribution in [3.05, 3.63) is 99.1 Å². The van der Waals surface area contributed by atoms with E-state index in [4.69, 9.17) is 13.1 Å². The summed E-state index contributed by atoms with van der Waals surface area (Å²) in [6, 6.07) is 16.0. The SMILES string of the molecule is O=C(Oc1ccccc1)C(CCOS(=O)(=O)c1ccccc1[N+](=O)[O-])OS(=O)(=O)c1ccccc1[N+](=O)[O-]. The number of nitro groups is 2. The van der Waals surface area contributed by atoms with E-state index < -0.39 is 76.3 Å². The van der Waals surface area contributed by atoms with E-state index in [9.17, 15) is 41.9 Å². The average molecular weight is 567 g/mol. The molecule has 0 radical (unpaired) electrons. The van der Waals surface area contributed by atoms with Crippen LogP contribution in [0.15, 0.2) is 88.7 Å². The lowest BCUT2D eigenvalue weighted by molar-refractivity contribution is -0.388. The van der Waals surface area contributed by atoms with Crippen LogP contribution in [0.4, 0.5) is 11.4 Å². The molecule has 0 aromatic heterocycles.